The minimum atomic E-state index is -4.33. The van der Waals surface area contributed by atoms with E-state index < -0.39 is 20.0 Å². The number of carbonyl (C=O) groups excluding carboxylic acids is 1. The van der Waals surface area contributed by atoms with Crippen LogP contribution in [0.4, 0.5) is 0 Å². The molecule has 0 aromatic heterocycles. The van der Waals surface area contributed by atoms with Gasteiger partial charge in [-0.15, -0.1) is 0 Å². The van der Waals surface area contributed by atoms with Crippen molar-refractivity contribution in [2.45, 2.75) is 366 Å². The summed E-state index contributed by atoms with van der Waals surface area (Å²) in [7, 11) is 1.63. The van der Waals surface area contributed by atoms with Gasteiger partial charge in [0.1, 0.15) is 13.2 Å². The molecule has 9 heteroatoms. The van der Waals surface area contributed by atoms with Crippen molar-refractivity contribution in [1.29, 1.82) is 0 Å². The van der Waals surface area contributed by atoms with E-state index in [2.05, 4.69) is 67.8 Å². The first-order valence-corrected chi connectivity index (χ1v) is 37.0. The fraction of sp³-hybridized carbons (Fsp3) is 0.875. The molecule has 8 nitrogen and oxygen atoms in total. The van der Waals surface area contributed by atoms with Crippen LogP contribution in [-0.2, 0) is 18.4 Å². The summed E-state index contributed by atoms with van der Waals surface area (Å²) >= 11 is 0. The van der Waals surface area contributed by atoms with E-state index in [-0.39, 0.29) is 19.1 Å². The van der Waals surface area contributed by atoms with Gasteiger partial charge in [0, 0.05) is 6.42 Å². The molecule has 478 valence electrons. The summed E-state index contributed by atoms with van der Waals surface area (Å²) in [4.78, 5) is 23.5. The summed E-state index contributed by atoms with van der Waals surface area (Å²) in [5.41, 5.74) is 0. The number of nitrogens with one attached hydrogen (secondary N) is 1. The maximum atomic E-state index is 13.1. The fourth-order valence-electron chi connectivity index (χ4n) is 10.9. The van der Waals surface area contributed by atoms with Crippen LogP contribution in [0.1, 0.15) is 354 Å². The molecule has 3 unspecified atom stereocenters. The molecule has 0 fully saturated rings. The van der Waals surface area contributed by atoms with Gasteiger partial charge in [-0.05, 0) is 51.4 Å². The second-order valence-electron chi connectivity index (χ2n) is 25.6. The predicted molar refractivity (Wildman–Crippen MR) is 355 cm³/mol. The zero-order valence-electron chi connectivity index (χ0n) is 54.8. The van der Waals surface area contributed by atoms with Crippen LogP contribution in [0.25, 0.3) is 0 Å². The first-order chi connectivity index (χ1) is 39.5. The lowest BCUT2D eigenvalue weighted by atomic mass is 10.0. The minimum Gasteiger partial charge on any atom is -0.391 e. The van der Waals surface area contributed by atoms with Crippen molar-refractivity contribution >= 4 is 13.7 Å². The van der Waals surface area contributed by atoms with E-state index in [4.69, 9.17) is 9.05 Å². The van der Waals surface area contributed by atoms with Crippen LogP contribution in [0.3, 0.4) is 0 Å². The van der Waals surface area contributed by atoms with Crippen LogP contribution >= 0.6 is 7.82 Å². The van der Waals surface area contributed by atoms with Gasteiger partial charge < -0.3 is 19.8 Å². The van der Waals surface area contributed by atoms with Gasteiger partial charge in [0.25, 0.3) is 0 Å². The number of hydrogen-bond acceptors (Lipinski definition) is 5. The number of amides is 1. The number of aliphatic hydroxyl groups excluding tert-OH is 1. The van der Waals surface area contributed by atoms with Crippen LogP contribution in [0, 0.1) is 0 Å². The molecule has 0 radical (unpaired) electrons. The Hall–Kier alpha value is -1.54. The molecule has 0 aliphatic heterocycles. The maximum absolute atomic E-state index is 13.1. The van der Waals surface area contributed by atoms with Crippen molar-refractivity contribution in [2.75, 3.05) is 40.9 Å². The van der Waals surface area contributed by atoms with Gasteiger partial charge in [-0.25, -0.2) is 4.57 Å². The van der Waals surface area contributed by atoms with Crippen LogP contribution in [0.15, 0.2) is 48.6 Å². The van der Waals surface area contributed by atoms with E-state index in [0.29, 0.717) is 23.9 Å². The normalized spacial score (nSPS) is 13.9. The molecular formula is C72H140N2O6P+. The highest BCUT2D eigenvalue weighted by Crippen LogP contribution is 2.43. The molecule has 0 aliphatic carbocycles. The summed E-state index contributed by atoms with van der Waals surface area (Å²) < 4.78 is 23.9. The van der Waals surface area contributed by atoms with Gasteiger partial charge in [-0.3, -0.25) is 13.8 Å². The van der Waals surface area contributed by atoms with E-state index in [1.165, 1.54) is 263 Å². The summed E-state index contributed by atoms with van der Waals surface area (Å²) in [6.45, 7) is 4.83. The van der Waals surface area contributed by atoms with Crippen LogP contribution in [0.5, 0.6) is 0 Å². The molecule has 0 aromatic carbocycles. The van der Waals surface area contributed by atoms with Gasteiger partial charge in [-0.2, -0.15) is 0 Å². The minimum absolute atomic E-state index is 0.0769. The summed E-state index contributed by atoms with van der Waals surface area (Å²) in [5.74, 6) is -0.136. The molecule has 1 amide bonds. The molecule has 3 atom stereocenters. The van der Waals surface area contributed by atoms with Gasteiger partial charge in [0.05, 0.1) is 39.9 Å². The fourth-order valence-corrected chi connectivity index (χ4v) is 11.6. The Morgan fingerprint density at radius 3 is 1.09 bits per heavy atom. The van der Waals surface area contributed by atoms with Gasteiger partial charge in [0.2, 0.25) is 5.91 Å². The number of allylic oxidation sites excluding steroid dienone is 8. The third-order valence-electron chi connectivity index (χ3n) is 16.3. The molecule has 3 N–H and O–H groups in total. The number of aliphatic hydroxyl groups is 1. The van der Waals surface area contributed by atoms with E-state index in [0.717, 1.165) is 64.2 Å². The lowest BCUT2D eigenvalue weighted by molar-refractivity contribution is -0.870. The first-order valence-electron chi connectivity index (χ1n) is 35.5. The van der Waals surface area contributed by atoms with Crippen molar-refractivity contribution in [2.24, 2.45) is 0 Å². The highest BCUT2D eigenvalue weighted by atomic mass is 31.2. The Balaban J connectivity index is 3.94. The van der Waals surface area contributed by atoms with Crippen LogP contribution < -0.4 is 5.32 Å². The van der Waals surface area contributed by atoms with Gasteiger partial charge >= 0.3 is 7.82 Å². The lowest BCUT2D eigenvalue weighted by Gasteiger charge is -2.26. The number of phosphoric ester groups is 1. The largest absolute Gasteiger partial charge is 0.472 e. The summed E-state index contributed by atoms with van der Waals surface area (Å²) in [5, 5.41) is 14.1. The Morgan fingerprint density at radius 1 is 0.432 bits per heavy atom. The quantitative estimate of drug-likeness (QED) is 0.0243. The Kier molecular flexibility index (Phi) is 61.8. The Bertz CT molecular complexity index is 1460. The average molecular weight is 1160 g/mol. The SMILES string of the molecule is CC/C=C\C/C=C\C/C=C\C/C=C\CCCCCCCCCCCCCCCCCCCCCCCCCCC(=O)NC(COP(=O)(O)OCC[N+](C)(C)C)C(O)CCCCCCCCCCCCCCCCCCCCCCCC. The second kappa shape index (κ2) is 63.0. The monoisotopic (exact) mass is 1160 g/mol. The Morgan fingerprint density at radius 2 is 0.741 bits per heavy atom. The average Bonchev–Trinajstić information content (AvgIpc) is 3.43. The second-order valence-corrected chi connectivity index (χ2v) is 27.0. The van der Waals surface area contributed by atoms with Crippen LogP contribution in [-0.4, -0.2) is 73.4 Å². The molecule has 0 aliphatic rings. The summed E-state index contributed by atoms with van der Waals surface area (Å²) in [6.07, 6.45) is 85.1. The van der Waals surface area contributed by atoms with Crippen molar-refractivity contribution < 1.29 is 32.9 Å². The van der Waals surface area contributed by atoms with Crippen LogP contribution in [0.2, 0.25) is 0 Å². The molecule has 0 saturated heterocycles. The topological polar surface area (TPSA) is 105 Å². The number of quaternary nitrogens is 1. The molecule has 0 aromatic rings. The lowest BCUT2D eigenvalue weighted by Crippen LogP contribution is -2.46. The number of likely N-dealkylation sites (N-methyl/N-ethyl adjacent to an activating group) is 1. The van der Waals surface area contributed by atoms with E-state index >= 15 is 0 Å². The standard InChI is InChI=1S/C72H139N2O6P/c1-6-8-10-12-14-16-18-20-22-24-26-28-30-31-32-33-34-35-36-37-38-39-40-41-42-43-44-46-48-50-52-54-56-58-60-62-64-66-72(76)73-70(69-80-81(77,78)79-68-67-74(3,4)5)71(75)65-63-61-59-57-55-53-51-49-47-45-29-27-25-23-21-19-17-15-13-11-9-7-2/h8,10,14,16,20,22,26,28,70-71,75H,6-7,9,11-13,15,17-19,21,23-25,27,29-69H2,1-5H3,(H-,73,76,77,78)/p+1/b10-8-,16-14-,22-20-,28-26-. The first kappa shape index (κ1) is 79.5. The number of carbonyl (C=O) groups is 1. The van der Waals surface area contributed by atoms with E-state index in [1.807, 2.05) is 21.1 Å². The number of rotatable bonds is 66. The van der Waals surface area contributed by atoms with Gasteiger partial charge in [0.15, 0.2) is 0 Å². The maximum Gasteiger partial charge on any atom is 0.472 e. The number of hydrogen-bond donors (Lipinski definition) is 3. The number of phosphoric acid groups is 1. The smallest absolute Gasteiger partial charge is 0.391 e. The molecule has 81 heavy (non-hydrogen) atoms. The zero-order chi connectivity index (χ0) is 59.1. The molecule has 0 bridgehead atoms. The third-order valence-corrected chi connectivity index (χ3v) is 17.3. The van der Waals surface area contributed by atoms with Crippen molar-refractivity contribution in [3.8, 4) is 0 Å². The molecule has 0 rings (SSSR count). The highest BCUT2D eigenvalue weighted by molar-refractivity contribution is 7.47. The molecule has 0 spiro atoms. The van der Waals surface area contributed by atoms with E-state index in [9.17, 15) is 19.4 Å². The third kappa shape index (κ3) is 65.9. The molecule has 0 heterocycles. The van der Waals surface area contributed by atoms with Crippen molar-refractivity contribution in [1.82, 2.24) is 5.32 Å². The molecular weight excluding hydrogens is 1020 g/mol. The molecule has 0 saturated carbocycles. The van der Waals surface area contributed by atoms with E-state index in [1.54, 1.807) is 0 Å². The van der Waals surface area contributed by atoms with Crippen molar-refractivity contribution in [3.63, 3.8) is 0 Å². The summed E-state index contributed by atoms with van der Waals surface area (Å²) in [6, 6.07) is -0.760. The van der Waals surface area contributed by atoms with Gasteiger partial charge in [-0.1, -0.05) is 345 Å². The predicted octanol–water partition coefficient (Wildman–Crippen LogP) is 22.6. The zero-order valence-corrected chi connectivity index (χ0v) is 55.7. The van der Waals surface area contributed by atoms with Crippen molar-refractivity contribution in [3.05, 3.63) is 48.6 Å². The Labute approximate surface area is 505 Å². The number of nitrogens with zero attached hydrogens (tertiary/aromatic N) is 1. The number of unbranched alkanes of at least 4 members (excludes halogenated alkanes) is 45. The highest BCUT2D eigenvalue weighted by Gasteiger charge is 2.28.